The molecule has 1 aromatic heterocycles. The van der Waals surface area contributed by atoms with E-state index in [4.69, 9.17) is 11.6 Å². The summed E-state index contributed by atoms with van der Waals surface area (Å²) in [5.41, 5.74) is 4.37. The number of halogens is 1. The molecular formula is C16H16ClN3. The average Bonchev–Trinajstić information content (AvgIpc) is 2.82. The zero-order chi connectivity index (χ0) is 13.9. The Kier molecular flexibility index (Phi) is 3.61. The van der Waals surface area contributed by atoms with Gasteiger partial charge in [-0.2, -0.15) is 5.10 Å². The van der Waals surface area contributed by atoms with Gasteiger partial charge >= 0.3 is 0 Å². The van der Waals surface area contributed by atoms with Crippen LogP contribution < -0.4 is 5.32 Å². The van der Waals surface area contributed by atoms with Crippen LogP contribution in [0.2, 0.25) is 0 Å². The zero-order valence-electron chi connectivity index (χ0n) is 11.3. The van der Waals surface area contributed by atoms with E-state index in [1.165, 1.54) is 5.39 Å². The molecule has 4 heteroatoms. The number of hydrogen-bond acceptors (Lipinski definition) is 2. The second-order valence-electron chi connectivity index (χ2n) is 4.73. The molecule has 2 aromatic carbocycles. The van der Waals surface area contributed by atoms with Crippen molar-refractivity contribution in [3.05, 3.63) is 59.8 Å². The molecule has 0 radical (unpaired) electrons. The van der Waals surface area contributed by atoms with Gasteiger partial charge in [0.25, 0.3) is 0 Å². The van der Waals surface area contributed by atoms with Gasteiger partial charge in [0, 0.05) is 24.0 Å². The van der Waals surface area contributed by atoms with Crippen LogP contribution in [-0.4, -0.2) is 9.78 Å². The lowest BCUT2D eigenvalue weighted by Crippen LogP contribution is -2.03. The fourth-order valence-corrected chi connectivity index (χ4v) is 2.64. The van der Waals surface area contributed by atoms with E-state index in [0.717, 1.165) is 22.5 Å². The molecule has 0 aliphatic rings. The van der Waals surface area contributed by atoms with Gasteiger partial charge in [0.15, 0.2) is 0 Å². The van der Waals surface area contributed by atoms with Crippen LogP contribution in [0, 0.1) is 0 Å². The summed E-state index contributed by atoms with van der Waals surface area (Å²) in [6.07, 6.45) is 0. The normalized spacial score (nSPS) is 10.9. The first-order valence-corrected chi connectivity index (χ1v) is 7.11. The van der Waals surface area contributed by atoms with Crippen LogP contribution in [0.4, 0.5) is 5.69 Å². The van der Waals surface area contributed by atoms with Gasteiger partial charge in [0.1, 0.15) is 0 Å². The monoisotopic (exact) mass is 285 g/mol. The predicted molar refractivity (Wildman–Crippen MR) is 84.0 cm³/mol. The lowest BCUT2D eigenvalue weighted by Gasteiger charge is -2.09. The summed E-state index contributed by atoms with van der Waals surface area (Å²) in [6, 6.07) is 16.3. The van der Waals surface area contributed by atoms with Crippen molar-refractivity contribution in [2.75, 3.05) is 5.32 Å². The highest BCUT2D eigenvalue weighted by atomic mass is 35.5. The Morgan fingerprint density at radius 3 is 2.70 bits per heavy atom. The quantitative estimate of drug-likeness (QED) is 0.736. The highest BCUT2D eigenvalue weighted by Crippen LogP contribution is 2.21. The van der Waals surface area contributed by atoms with Crippen molar-refractivity contribution in [1.82, 2.24) is 9.78 Å². The van der Waals surface area contributed by atoms with E-state index in [-0.39, 0.29) is 0 Å². The number of nitrogens with one attached hydrogen (secondary N) is 1. The van der Waals surface area contributed by atoms with Crippen LogP contribution in [0.1, 0.15) is 11.3 Å². The summed E-state index contributed by atoms with van der Waals surface area (Å²) in [4.78, 5) is 0. The van der Waals surface area contributed by atoms with Crippen molar-refractivity contribution in [3.63, 3.8) is 0 Å². The van der Waals surface area contributed by atoms with E-state index in [0.29, 0.717) is 12.4 Å². The van der Waals surface area contributed by atoms with Crippen LogP contribution in [0.25, 0.3) is 10.9 Å². The molecule has 0 unspecified atom stereocenters. The minimum Gasteiger partial charge on any atom is -0.379 e. The van der Waals surface area contributed by atoms with E-state index in [1.54, 1.807) is 0 Å². The molecule has 1 heterocycles. The van der Waals surface area contributed by atoms with Gasteiger partial charge in [0.2, 0.25) is 0 Å². The van der Waals surface area contributed by atoms with E-state index in [1.807, 2.05) is 48.1 Å². The summed E-state index contributed by atoms with van der Waals surface area (Å²) in [5.74, 6) is 0.506. The minimum absolute atomic E-state index is 0.506. The molecular weight excluding hydrogens is 270 g/mol. The number of rotatable bonds is 4. The minimum atomic E-state index is 0.506. The van der Waals surface area contributed by atoms with Crippen LogP contribution in [0.15, 0.2) is 48.5 Å². The lowest BCUT2D eigenvalue weighted by atomic mass is 10.2. The first-order chi connectivity index (χ1) is 9.79. The standard InChI is InChI=1S/C16H16ClN3/c1-20-16-9-5-3-7-13(16)15(19-20)11-18-14-8-4-2-6-12(14)10-17/h2-9,18H,10-11H2,1H3. The second-order valence-corrected chi connectivity index (χ2v) is 5.00. The second kappa shape index (κ2) is 5.55. The highest BCUT2D eigenvalue weighted by molar-refractivity contribution is 6.17. The molecule has 0 bridgehead atoms. The van der Waals surface area contributed by atoms with Gasteiger partial charge in [-0.05, 0) is 17.7 Å². The van der Waals surface area contributed by atoms with Gasteiger partial charge in [-0.15, -0.1) is 11.6 Å². The maximum absolute atomic E-state index is 5.95. The Morgan fingerprint density at radius 1 is 1.10 bits per heavy atom. The maximum atomic E-state index is 5.95. The number of aryl methyl sites for hydroxylation is 1. The Hall–Kier alpha value is -2.00. The van der Waals surface area contributed by atoms with Crippen molar-refractivity contribution in [3.8, 4) is 0 Å². The number of aromatic nitrogens is 2. The number of anilines is 1. The van der Waals surface area contributed by atoms with Crippen molar-refractivity contribution < 1.29 is 0 Å². The number of fused-ring (bicyclic) bond motifs is 1. The van der Waals surface area contributed by atoms with Gasteiger partial charge in [-0.25, -0.2) is 0 Å². The molecule has 0 saturated heterocycles. The van der Waals surface area contributed by atoms with E-state index in [9.17, 15) is 0 Å². The highest BCUT2D eigenvalue weighted by Gasteiger charge is 2.08. The third kappa shape index (κ3) is 2.37. The molecule has 3 rings (SSSR count). The van der Waals surface area contributed by atoms with Gasteiger partial charge in [-0.3, -0.25) is 4.68 Å². The van der Waals surface area contributed by atoms with Crippen LogP contribution >= 0.6 is 11.6 Å². The molecule has 20 heavy (non-hydrogen) atoms. The Balaban J connectivity index is 1.87. The third-order valence-corrected chi connectivity index (χ3v) is 3.73. The van der Waals surface area contributed by atoms with Crippen molar-refractivity contribution in [2.24, 2.45) is 7.05 Å². The molecule has 1 N–H and O–H groups in total. The number of para-hydroxylation sites is 2. The van der Waals surface area contributed by atoms with E-state index in [2.05, 4.69) is 22.5 Å². The molecule has 3 nitrogen and oxygen atoms in total. The first kappa shape index (κ1) is 13.0. The molecule has 3 aromatic rings. The van der Waals surface area contributed by atoms with Gasteiger partial charge < -0.3 is 5.32 Å². The number of benzene rings is 2. The molecule has 0 spiro atoms. The van der Waals surface area contributed by atoms with Crippen LogP contribution in [-0.2, 0) is 19.5 Å². The molecule has 102 valence electrons. The van der Waals surface area contributed by atoms with E-state index >= 15 is 0 Å². The Morgan fingerprint density at radius 2 is 1.85 bits per heavy atom. The van der Waals surface area contributed by atoms with Crippen LogP contribution in [0.3, 0.4) is 0 Å². The molecule has 0 amide bonds. The fourth-order valence-electron chi connectivity index (χ4n) is 2.41. The number of alkyl halides is 1. The predicted octanol–water partition coefficient (Wildman–Crippen LogP) is 3.92. The topological polar surface area (TPSA) is 29.9 Å². The molecule has 0 atom stereocenters. The van der Waals surface area contributed by atoms with Crippen molar-refractivity contribution >= 4 is 28.2 Å². The zero-order valence-corrected chi connectivity index (χ0v) is 12.1. The van der Waals surface area contributed by atoms with Gasteiger partial charge in [0.05, 0.1) is 17.8 Å². The van der Waals surface area contributed by atoms with Crippen molar-refractivity contribution in [1.29, 1.82) is 0 Å². The summed E-state index contributed by atoms with van der Waals surface area (Å²) in [7, 11) is 1.97. The lowest BCUT2D eigenvalue weighted by molar-refractivity contribution is 0.771. The SMILES string of the molecule is Cn1nc(CNc2ccccc2CCl)c2ccccc21. The van der Waals surface area contributed by atoms with Crippen molar-refractivity contribution in [2.45, 2.75) is 12.4 Å². The van der Waals surface area contributed by atoms with E-state index < -0.39 is 0 Å². The first-order valence-electron chi connectivity index (χ1n) is 6.58. The van der Waals surface area contributed by atoms with Crippen LogP contribution in [0.5, 0.6) is 0 Å². The molecule has 0 saturated carbocycles. The third-order valence-electron chi connectivity index (χ3n) is 3.44. The molecule has 0 fully saturated rings. The molecule has 0 aliphatic heterocycles. The summed E-state index contributed by atoms with van der Waals surface area (Å²) in [6.45, 7) is 0.690. The van der Waals surface area contributed by atoms with Gasteiger partial charge in [-0.1, -0.05) is 36.4 Å². The summed E-state index contributed by atoms with van der Waals surface area (Å²) < 4.78 is 1.92. The number of hydrogen-bond donors (Lipinski definition) is 1. The maximum Gasteiger partial charge on any atom is 0.0894 e. The largest absolute Gasteiger partial charge is 0.379 e. The fraction of sp³-hybridized carbons (Fsp3) is 0.188. The number of nitrogens with zero attached hydrogens (tertiary/aromatic N) is 2. The summed E-state index contributed by atoms with van der Waals surface area (Å²) >= 11 is 5.95. The summed E-state index contributed by atoms with van der Waals surface area (Å²) in [5, 5.41) is 9.19. The Bertz CT molecular complexity index is 733. The molecule has 0 aliphatic carbocycles. The smallest absolute Gasteiger partial charge is 0.0894 e. The average molecular weight is 286 g/mol. The Labute approximate surface area is 123 Å².